The number of piperazine rings is 1. The van der Waals surface area contributed by atoms with E-state index in [2.05, 4.69) is 20.1 Å². The number of hydrogen-bond acceptors (Lipinski definition) is 4. The highest BCUT2D eigenvalue weighted by Gasteiger charge is 2.25. The molecule has 2 heterocycles. The third-order valence-electron chi connectivity index (χ3n) is 4.65. The Balaban J connectivity index is 1.48. The fourth-order valence-corrected chi connectivity index (χ4v) is 3.15. The number of nitrogens with zero attached hydrogens (tertiary/aromatic N) is 3. The van der Waals surface area contributed by atoms with Crippen LogP contribution < -0.4 is 10.2 Å². The fraction of sp³-hybridized carbons (Fsp3) is 0.368. The molecule has 0 aliphatic carbocycles. The van der Waals surface area contributed by atoms with E-state index in [1.54, 1.807) is 12.4 Å². The Morgan fingerprint density at radius 3 is 2.40 bits per heavy atom. The van der Waals surface area contributed by atoms with Crippen molar-refractivity contribution in [3.05, 3.63) is 59.4 Å². The van der Waals surface area contributed by atoms with Gasteiger partial charge in [-0.05, 0) is 48.9 Å². The maximum Gasteiger partial charge on any atom is 0.237 e. The summed E-state index contributed by atoms with van der Waals surface area (Å²) in [5, 5.41) is 3.76. The van der Waals surface area contributed by atoms with Gasteiger partial charge < -0.3 is 10.2 Å². The van der Waals surface area contributed by atoms with E-state index in [-0.39, 0.29) is 11.9 Å². The summed E-state index contributed by atoms with van der Waals surface area (Å²) in [5.74, 6) is 0.0664. The molecule has 0 saturated carbocycles. The van der Waals surface area contributed by atoms with E-state index < -0.39 is 0 Å². The third kappa shape index (κ3) is 4.71. The van der Waals surface area contributed by atoms with Crippen molar-refractivity contribution in [2.24, 2.45) is 0 Å². The predicted molar refractivity (Wildman–Crippen MR) is 101 cm³/mol. The van der Waals surface area contributed by atoms with E-state index in [1.807, 2.05) is 43.3 Å². The Kier molecular flexibility index (Phi) is 5.89. The molecule has 0 radical (unpaired) electrons. The maximum atomic E-state index is 12.4. The predicted octanol–water partition coefficient (Wildman–Crippen LogP) is 2.56. The molecule has 5 nitrogen and oxygen atoms in total. The van der Waals surface area contributed by atoms with Crippen molar-refractivity contribution < 1.29 is 4.79 Å². The van der Waals surface area contributed by atoms with Gasteiger partial charge in [0.1, 0.15) is 0 Å². The van der Waals surface area contributed by atoms with Gasteiger partial charge in [0.2, 0.25) is 5.91 Å². The van der Waals surface area contributed by atoms with Crippen molar-refractivity contribution >= 4 is 23.2 Å². The summed E-state index contributed by atoms with van der Waals surface area (Å²) in [4.78, 5) is 21.0. The van der Waals surface area contributed by atoms with Gasteiger partial charge in [0.05, 0.1) is 6.04 Å². The van der Waals surface area contributed by atoms with Gasteiger partial charge in [-0.15, -0.1) is 0 Å². The Morgan fingerprint density at radius 1 is 1.12 bits per heavy atom. The van der Waals surface area contributed by atoms with Crippen LogP contribution in [0.25, 0.3) is 0 Å². The maximum absolute atomic E-state index is 12.4. The molecule has 1 aromatic heterocycles. The van der Waals surface area contributed by atoms with Crippen molar-refractivity contribution in [1.29, 1.82) is 0 Å². The number of anilines is 1. The van der Waals surface area contributed by atoms with Crippen LogP contribution in [0.4, 0.5) is 5.69 Å². The summed E-state index contributed by atoms with van der Waals surface area (Å²) in [6.07, 6.45) is 3.47. The van der Waals surface area contributed by atoms with E-state index in [9.17, 15) is 4.79 Å². The zero-order chi connectivity index (χ0) is 17.6. The number of carbonyl (C=O) groups excluding carboxylic acids is 1. The van der Waals surface area contributed by atoms with Gasteiger partial charge in [-0.2, -0.15) is 0 Å². The molecule has 6 heteroatoms. The lowest BCUT2D eigenvalue weighted by molar-refractivity contribution is -0.126. The Bertz CT molecular complexity index is 684. The molecule has 1 saturated heterocycles. The van der Waals surface area contributed by atoms with Crippen LogP contribution in [0.5, 0.6) is 0 Å². The average molecular weight is 359 g/mol. The first-order valence-corrected chi connectivity index (χ1v) is 8.92. The molecule has 1 fully saturated rings. The lowest BCUT2D eigenvalue weighted by atomic mass is 10.2. The van der Waals surface area contributed by atoms with Gasteiger partial charge >= 0.3 is 0 Å². The highest BCUT2D eigenvalue weighted by Crippen LogP contribution is 2.20. The molecule has 0 spiro atoms. The Hall–Kier alpha value is -2.11. The number of aromatic nitrogens is 1. The van der Waals surface area contributed by atoms with Gasteiger partial charge in [-0.3, -0.25) is 14.7 Å². The number of amides is 1. The summed E-state index contributed by atoms with van der Waals surface area (Å²) in [5.41, 5.74) is 2.24. The minimum Gasteiger partial charge on any atom is -0.369 e. The number of nitrogens with one attached hydrogen (secondary N) is 1. The van der Waals surface area contributed by atoms with Crippen LogP contribution in [0.2, 0.25) is 5.02 Å². The molecule has 3 rings (SSSR count). The molecule has 1 aliphatic rings. The minimum absolute atomic E-state index is 0.0664. The lowest BCUT2D eigenvalue weighted by Gasteiger charge is -2.38. The van der Waals surface area contributed by atoms with Gasteiger partial charge in [0.25, 0.3) is 0 Å². The monoisotopic (exact) mass is 358 g/mol. The first-order valence-electron chi connectivity index (χ1n) is 8.54. The first kappa shape index (κ1) is 17.7. The molecular formula is C19H23ClN4O. The third-order valence-corrected chi connectivity index (χ3v) is 4.90. The number of hydrogen-bond donors (Lipinski definition) is 1. The molecule has 2 aromatic rings. The smallest absolute Gasteiger partial charge is 0.237 e. The standard InChI is InChI=1S/C19H23ClN4O/c1-15(19(25)22-14-16-6-8-21-9-7-16)23-10-12-24(13-11-23)18-4-2-17(20)3-5-18/h2-9,15H,10-14H2,1H3,(H,22,25)/t15-/m1/s1. The van der Waals surface area contributed by atoms with Crippen molar-refractivity contribution in [3.8, 4) is 0 Å². The summed E-state index contributed by atoms with van der Waals surface area (Å²) in [7, 11) is 0. The minimum atomic E-state index is -0.130. The van der Waals surface area contributed by atoms with E-state index in [4.69, 9.17) is 11.6 Å². The van der Waals surface area contributed by atoms with Crippen LogP contribution in [-0.4, -0.2) is 48.0 Å². The highest BCUT2D eigenvalue weighted by atomic mass is 35.5. The average Bonchev–Trinajstić information content (AvgIpc) is 2.67. The largest absolute Gasteiger partial charge is 0.369 e. The summed E-state index contributed by atoms with van der Waals surface area (Å²) in [6.45, 7) is 6.06. The second-order valence-corrected chi connectivity index (χ2v) is 6.69. The number of carbonyl (C=O) groups is 1. The molecule has 0 bridgehead atoms. The second-order valence-electron chi connectivity index (χ2n) is 6.25. The van der Waals surface area contributed by atoms with Crippen LogP contribution in [-0.2, 0) is 11.3 Å². The van der Waals surface area contributed by atoms with Crippen molar-refractivity contribution in [1.82, 2.24) is 15.2 Å². The van der Waals surface area contributed by atoms with Crippen molar-refractivity contribution in [2.45, 2.75) is 19.5 Å². The number of halogens is 1. The van der Waals surface area contributed by atoms with Crippen LogP contribution in [0.1, 0.15) is 12.5 Å². The summed E-state index contributed by atoms with van der Waals surface area (Å²) in [6, 6.07) is 11.6. The lowest BCUT2D eigenvalue weighted by Crippen LogP contribution is -2.53. The molecule has 132 valence electrons. The summed E-state index contributed by atoms with van der Waals surface area (Å²) < 4.78 is 0. The second kappa shape index (κ2) is 8.32. The van der Waals surface area contributed by atoms with Gasteiger partial charge in [0, 0.05) is 55.8 Å². The quantitative estimate of drug-likeness (QED) is 0.892. The molecule has 1 N–H and O–H groups in total. The molecule has 1 aromatic carbocycles. The van der Waals surface area contributed by atoms with Crippen LogP contribution in [0, 0.1) is 0 Å². The molecule has 0 unspecified atom stereocenters. The Labute approximate surface area is 153 Å². The normalized spacial score (nSPS) is 16.5. The Morgan fingerprint density at radius 2 is 1.76 bits per heavy atom. The first-order chi connectivity index (χ1) is 12.1. The summed E-state index contributed by atoms with van der Waals surface area (Å²) >= 11 is 5.95. The topological polar surface area (TPSA) is 48.5 Å². The van der Waals surface area contributed by atoms with Gasteiger partial charge in [0.15, 0.2) is 0 Å². The number of pyridine rings is 1. The highest BCUT2D eigenvalue weighted by molar-refractivity contribution is 6.30. The zero-order valence-corrected chi connectivity index (χ0v) is 15.1. The van der Waals surface area contributed by atoms with Gasteiger partial charge in [-0.1, -0.05) is 11.6 Å². The van der Waals surface area contributed by atoms with Crippen molar-refractivity contribution in [2.75, 3.05) is 31.1 Å². The SMILES string of the molecule is C[C@H](C(=O)NCc1ccncc1)N1CCN(c2ccc(Cl)cc2)CC1. The van der Waals surface area contributed by atoms with Crippen LogP contribution in [0.15, 0.2) is 48.8 Å². The number of benzene rings is 1. The fourth-order valence-electron chi connectivity index (χ4n) is 3.02. The molecule has 25 heavy (non-hydrogen) atoms. The molecule has 1 aliphatic heterocycles. The van der Waals surface area contributed by atoms with E-state index >= 15 is 0 Å². The number of rotatable bonds is 5. The van der Waals surface area contributed by atoms with E-state index in [1.165, 1.54) is 5.69 Å². The van der Waals surface area contributed by atoms with Crippen LogP contribution >= 0.6 is 11.6 Å². The van der Waals surface area contributed by atoms with E-state index in [0.29, 0.717) is 6.54 Å². The van der Waals surface area contributed by atoms with E-state index in [0.717, 1.165) is 36.8 Å². The molecule has 1 amide bonds. The van der Waals surface area contributed by atoms with Crippen molar-refractivity contribution in [3.63, 3.8) is 0 Å². The zero-order valence-electron chi connectivity index (χ0n) is 14.4. The molecule has 1 atom stereocenters. The van der Waals surface area contributed by atoms with Crippen LogP contribution in [0.3, 0.4) is 0 Å². The van der Waals surface area contributed by atoms with Gasteiger partial charge in [-0.25, -0.2) is 0 Å². The molecular weight excluding hydrogens is 336 g/mol.